The van der Waals surface area contributed by atoms with E-state index in [4.69, 9.17) is 9.15 Å². The number of morpholine rings is 1. The average molecular weight is 663 g/mol. The van der Waals surface area contributed by atoms with Gasteiger partial charge in [-0.2, -0.15) is 0 Å². The molecular formula is C35H39FN4O6S. The highest BCUT2D eigenvalue weighted by atomic mass is 32.2. The maximum Gasteiger partial charge on any atom is 0.255 e. The summed E-state index contributed by atoms with van der Waals surface area (Å²) in [4.78, 5) is 31.7. The Bertz CT molecular complexity index is 1870. The van der Waals surface area contributed by atoms with Crippen molar-refractivity contribution in [2.45, 2.75) is 24.8 Å². The molecular weight excluding hydrogens is 623 g/mol. The molecule has 1 aromatic heterocycles. The molecule has 2 atom stereocenters. The minimum atomic E-state index is -3.69. The van der Waals surface area contributed by atoms with Gasteiger partial charge in [-0.15, -0.1) is 0 Å². The third-order valence-electron chi connectivity index (χ3n) is 9.17. The number of sulfonamides is 1. The Labute approximate surface area is 274 Å². The summed E-state index contributed by atoms with van der Waals surface area (Å²) in [6.07, 6.45) is 2.56. The monoisotopic (exact) mass is 662 g/mol. The first-order valence-corrected chi connectivity index (χ1v) is 17.6. The van der Waals surface area contributed by atoms with Gasteiger partial charge in [0.05, 0.1) is 30.7 Å². The Morgan fingerprint density at radius 1 is 1.02 bits per heavy atom. The molecule has 47 heavy (non-hydrogen) atoms. The van der Waals surface area contributed by atoms with Gasteiger partial charge in [-0.1, -0.05) is 30.3 Å². The van der Waals surface area contributed by atoms with E-state index in [0.29, 0.717) is 73.6 Å². The fourth-order valence-corrected chi connectivity index (χ4v) is 7.18. The number of hydrogen-bond donors (Lipinski definition) is 1. The number of fused-ring (bicyclic) bond motifs is 1. The number of furan rings is 1. The van der Waals surface area contributed by atoms with Crippen molar-refractivity contribution in [1.29, 1.82) is 0 Å². The molecule has 0 aliphatic carbocycles. The quantitative estimate of drug-likeness (QED) is 0.289. The fourth-order valence-electron chi connectivity index (χ4n) is 6.67. The van der Waals surface area contributed by atoms with Crippen LogP contribution >= 0.6 is 0 Å². The number of benzene rings is 3. The van der Waals surface area contributed by atoms with Crippen molar-refractivity contribution in [3.8, 4) is 11.3 Å². The van der Waals surface area contributed by atoms with Crippen molar-refractivity contribution >= 4 is 38.5 Å². The van der Waals surface area contributed by atoms with E-state index in [0.717, 1.165) is 18.2 Å². The van der Waals surface area contributed by atoms with Gasteiger partial charge in [-0.3, -0.25) is 18.8 Å². The van der Waals surface area contributed by atoms with Crippen LogP contribution in [-0.4, -0.2) is 89.8 Å². The van der Waals surface area contributed by atoms with E-state index in [1.54, 1.807) is 6.07 Å². The van der Waals surface area contributed by atoms with Crippen LogP contribution in [0.15, 0.2) is 71.1 Å². The minimum absolute atomic E-state index is 0.00477. The van der Waals surface area contributed by atoms with Gasteiger partial charge in [-0.25, -0.2) is 12.8 Å². The number of anilines is 1. The molecule has 0 bridgehead atoms. The lowest BCUT2D eigenvalue weighted by Gasteiger charge is -2.40. The van der Waals surface area contributed by atoms with E-state index in [-0.39, 0.29) is 23.1 Å². The third kappa shape index (κ3) is 6.63. The van der Waals surface area contributed by atoms with E-state index < -0.39 is 27.8 Å². The van der Waals surface area contributed by atoms with Gasteiger partial charge in [0.2, 0.25) is 15.9 Å². The van der Waals surface area contributed by atoms with Gasteiger partial charge >= 0.3 is 0 Å². The zero-order chi connectivity index (χ0) is 33.3. The standard InChI is InChI=1S/C35H39FN4O6S/c1-37-34(41)31-28-20-27(29(38(2)47(3,43)44)21-30(28)46-33(31)24-11-13-26(36)14-12-24)25-10-7-15-40(22-25)35(42)32(23-8-5-4-6-9-23)39-16-18-45-19-17-39/h4-6,8-9,11-14,20-21,25,32H,7,10,15-19,22H2,1-3H3,(H,37,41)/t25-,32?/m0/s1. The highest BCUT2D eigenvalue weighted by molar-refractivity contribution is 7.92. The van der Waals surface area contributed by atoms with Gasteiger partial charge < -0.3 is 19.4 Å². The number of piperidine rings is 1. The molecule has 1 unspecified atom stereocenters. The third-order valence-corrected chi connectivity index (χ3v) is 10.4. The molecule has 6 rings (SSSR count). The molecule has 3 aromatic carbocycles. The van der Waals surface area contributed by atoms with Crippen molar-refractivity contribution in [2.24, 2.45) is 0 Å². The van der Waals surface area contributed by atoms with Crippen molar-refractivity contribution in [1.82, 2.24) is 15.1 Å². The summed E-state index contributed by atoms with van der Waals surface area (Å²) in [6.45, 7) is 3.34. The van der Waals surface area contributed by atoms with Crippen molar-refractivity contribution in [3.63, 3.8) is 0 Å². The van der Waals surface area contributed by atoms with E-state index in [2.05, 4.69) is 10.2 Å². The first-order valence-electron chi connectivity index (χ1n) is 15.7. The lowest BCUT2D eigenvalue weighted by atomic mass is 9.87. The minimum Gasteiger partial charge on any atom is -0.455 e. The SMILES string of the molecule is CNC(=O)c1c(-c2ccc(F)cc2)oc2cc(N(C)S(C)(=O)=O)c([C@H]3CCCN(C(=O)C(c4ccccc4)N4CCOCC4)C3)cc12. The van der Waals surface area contributed by atoms with Crippen LogP contribution in [0.3, 0.4) is 0 Å². The number of carbonyl (C=O) groups is 2. The number of ether oxygens (including phenoxy) is 1. The van der Waals surface area contributed by atoms with Crippen LogP contribution in [0, 0.1) is 5.82 Å². The fraction of sp³-hybridized carbons (Fsp3) is 0.371. The summed E-state index contributed by atoms with van der Waals surface area (Å²) in [6, 6.07) is 18.4. The normalized spacial score (nSPS) is 18.2. The molecule has 2 fully saturated rings. The number of amides is 2. The second-order valence-electron chi connectivity index (χ2n) is 12.1. The lowest BCUT2D eigenvalue weighted by molar-refractivity contribution is -0.140. The number of nitrogens with one attached hydrogen (secondary N) is 1. The number of hydrogen-bond acceptors (Lipinski definition) is 7. The molecule has 10 nitrogen and oxygen atoms in total. The Morgan fingerprint density at radius 2 is 1.72 bits per heavy atom. The highest BCUT2D eigenvalue weighted by Gasteiger charge is 2.36. The van der Waals surface area contributed by atoms with Crippen LogP contribution in [0.4, 0.5) is 10.1 Å². The number of halogens is 1. The largest absolute Gasteiger partial charge is 0.455 e. The van der Waals surface area contributed by atoms with Crippen LogP contribution < -0.4 is 9.62 Å². The summed E-state index contributed by atoms with van der Waals surface area (Å²) < 4.78 is 52.6. The molecule has 1 N–H and O–H groups in total. The average Bonchev–Trinajstić information content (AvgIpc) is 3.46. The Balaban J connectivity index is 1.44. The molecule has 2 aliphatic heterocycles. The molecule has 12 heteroatoms. The molecule has 0 saturated carbocycles. The molecule has 3 heterocycles. The van der Waals surface area contributed by atoms with Crippen LogP contribution in [0.5, 0.6) is 0 Å². The summed E-state index contributed by atoms with van der Waals surface area (Å²) in [7, 11) is -0.685. The lowest BCUT2D eigenvalue weighted by Crippen LogP contribution is -2.49. The summed E-state index contributed by atoms with van der Waals surface area (Å²) >= 11 is 0. The zero-order valence-electron chi connectivity index (χ0n) is 26.7. The zero-order valence-corrected chi connectivity index (χ0v) is 27.6. The number of nitrogens with zero attached hydrogens (tertiary/aromatic N) is 3. The highest BCUT2D eigenvalue weighted by Crippen LogP contribution is 2.42. The first-order chi connectivity index (χ1) is 22.6. The first kappa shape index (κ1) is 32.7. The topological polar surface area (TPSA) is 112 Å². The van der Waals surface area contributed by atoms with Crippen molar-refractivity contribution < 1.29 is 31.6 Å². The maximum absolute atomic E-state index is 14.4. The number of rotatable bonds is 8. The molecule has 2 aliphatic rings. The smallest absolute Gasteiger partial charge is 0.255 e. The second-order valence-corrected chi connectivity index (χ2v) is 14.1. The van der Waals surface area contributed by atoms with Crippen LogP contribution in [0.2, 0.25) is 0 Å². The summed E-state index contributed by atoms with van der Waals surface area (Å²) in [5.41, 5.74) is 3.12. The van der Waals surface area contributed by atoms with Crippen molar-refractivity contribution in [3.05, 3.63) is 89.2 Å². The predicted molar refractivity (Wildman–Crippen MR) is 178 cm³/mol. The number of likely N-dealkylation sites (tertiary alicyclic amines) is 1. The van der Waals surface area contributed by atoms with Gasteiger partial charge in [0.25, 0.3) is 5.91 Å². The maximum atomic E-state index is 14.4. The van der Waals surface area contributed by atoms with E-state index in [1.165, 1.54) is 42.7 Å². The van der Waals surface area contributed by atoms with Crippen LogP contribution in [-0.2, 0) is 19.6 Å². The van der Waals surface area contributed by atoms with Gasteiger partial charge in [0.1, 0.15) is 23.2 Å². The van der Waals surface area contributed by atoms with Gasteiger partial charge in [0, 0.05) is 63.2 Å². The molecule has 2 saturated heterocycles. The van der Waals surface area contributed by atoms with Crippen LogP contribution in [0.1, 0.15) is 46.3 Å². The van der Waals surface area contributed by atoms with E-state index in [1.807, 2.05) is 41.3 Å². The second kappa shape index (κ2) is 13.5. The van der Waals surface area contributed by atoms with E-state index >= 15 is 0 Å². The summed E-state index contributed by atoms with van der Waals surface area (Å²) in [5, 5.41) is 3.18. The Morgan fingerprint density at radius 3 is 2.38 bits per heavy atom. The Kier molecular flexibility index (Phi) is 9.36. The number of carbonyl (C=O) groups excluding carboxylic acids is 2. The van der Waals surface area contributed by atoms with Gasteiger partial charge in [0.15, 0.2) is 0 Å². The molecule has 0 spiro atoms. The molecule has 248 valence electrons. The predicted octanol–water partition coefficient (Wildman–Crippen LogP) is 4.77. The Hall–Kier alpha value is -4.26. The molecule has 0 radical (unpaired) electrons. The van der Waals surface area contributed by atoms with Crippen LogP contribution in [0.25, 0.3) is 22.3 Å². The summed E-state index contributed by atoms with van der Waals surface area (Å²) in [5.74, 6) is -0.796. The van der Waals surface area contributed by atoms with Gasteiger partial charge in [-0.05, 0) is 54.3 Å². The van der Waals surface area contributed by atoms with E-state index in [9.17, 15) is 22.4 Å². The molecule has 4 aromatic rings. The van der Waals surface area contributed by atoms with Crippen molar-refractivity contribution in [2.75, 3.05) is 64.0 Å². The molecule has 2 amide bonds.